The third kappa shape index (κ3) is 3.95. The lowest BCUT2D eigenvalue weighted by Crippen LogP contribution is -2.05. The van der Waals surface area contributed by atoms with Gasteiger partial charge in [-0.05, 0) is 55.2 Å². The van der Waals surface area contributed by atoms with Crippen molar-refractivity contribution in [3.8, 4) is 0 Å². The number of thioether (sulfide) groups is 1. The summed E-state index contributed by atoms with van der Waals surface area (Å²) >= 11 is 1.94. The third-order valence-corrected chi connectivity index (χ3v) is 4.26. The molecule has 1 aromatic carbocycles. The minimum atomic E-state index is -0.708. The lowest BCUT2D eigenvalue weighted by Gasteiger charge is -2.16. The van der Waals surface area contributed by atoms with Gasteiger partial charge in [0.2, 0.25) is 0 Å². The maximum atomic E-state index is 10.4. The van der Waals surface area contributed by atoms with Gasteiger partial charge in [0, 0.05) is 23.5 Å². The Hall–Kier alpha value is -1.16. The number of aliphatic carboxylic acids is 1. The zero-order chi connectivity index (χ0) is 12.8. The van der Waals surface area contributed by atoms with Gasteiger partial charge in [-0.1, -0.05) is 0 Å². The predicted molar refractivity (Wildman–Crippen MR) is 75.5 cm³/mol. The summed E-state index contributed by atoms with van der Waals surface area (Å²) in [5.74, 6) is 0.524. The number of carboxylic acid groups (broad SMARTS) is 1. The van der Waals surface area contributed by atoms with E-state index in [2.05, 4.69) is 23.5 Å². The molecule has 0 amide bonds. The quantitative estimate of drug-likeness (QED) is 0.774. The Bertz CT molecular complexity index is 420. The number of carboxylic acids is 1. The van der Waals surface area contributed by atoms with Crippen molar-refractivity contribution in [2.24, 2.45) is 0 Å². The van der Waals surface area contributed by atoms with Crippen LogP contribution in [0, 0.1) is 0 Å². The van der Waals surface area contributed by atoms with Crippen molar-refractivity contribution < 1.29 is 9.90 Å². The highest BCUT2D eigenvalue weighted by molar-refractivity contribution is 7.99. The summed E-state index contributed by atoms with van der Waals surface area (Å²) in [6, 6.07) is 6.55. The average Bonchev–Trinajstić information content (AvgIpc) is 2.38. The van der Waals surface area contributed by atoms with Gasteiger partial charge in [0.25, 0.3) is 0 Å². The number of nitrogens with one attached hydrogen (secondary N) is 1. The van der Waals surface area contributed by atoms with Crippen LogP contribution in [0.25, 0.3) is 0 Å². The van der Waals surface area contributed by atoms with Gasteiger partial charge in [0.05, 0.1) is 0 Å². The molecule has 1 aromatic rings. The standard InChI is InChI=1S/C14H19NO2S/c16-14(17)5-1-2-8-15-12-6-7-13-11(10-12)4-3-9-18-13/h6-7,10,15H,1-5,8-9H2,(H,16,17). The van der Waals surface area contributed by atoms with E-state index in [-0.39, 0.29) is 6.42 Å². The van der Waals surface area contributed by atoms with Crippen LogP contribution < -0.4 is 5.32 Å². The Morgan fingerprint density at radius 3 is 3.11 bits per heavy atom. The first-order valence-corrected chi connectivity index (χ1v) is 7.45. The fourth-order valence-corrected chi connectivity index (χ4v) is 3.12. The first kappa shape index (κ1) is 13.3. The Labute approximate surface area is 112 Å². The Kier molecular flexibility index (Phi) is 4.93. The molecule has 0 atom stereocenters. The number of rotatable bonds is 6. The van der Waals surface area contributed by atoms with E-state index < -0.39 is 5.97 Å². The summed E-state index contributed by atoms with van der Waals surface area (Å²) in [7, 11) is 0. The molecule has 2 rings (SSSR count). The second-order valence-corrected chi connectivity index (χ2v) is 5.69. The van der Waals surface area contributed by atoms with Crippen LogP contribution in [-0.2, 0) is 11.2 Å². The Morgan fingerprint density at radius 1 is 1.39 bits per heavy atom. The molecule has 1 aliphatic heterocycles. The number of hydrogen-bond donors (Lipinski definition) is 2. The van der Waals surface area contributed by atoms with Gasteiger partial charge in [-0.15, -0.1) is 11.8 Å². The van der Waals surface area contributed by atoms with Crippen LogP contribution in [0.4, 0.5) is 5.69 Å². The van der Waals surface area contributed by atoms with Crippen LogP contribution in [-0.4, -0.2) is 23.4 Å². The summed E-state index contributed by atoms with van der Waals surface area (Å²) < 4.78 is 0. The second-order valence-electron chi connectivity index (χ2n) is 4.55. The predicted octanol–water partition coefficient (Wildman–Crippen LogP) is 3.39. The fraction of sp³-hybridized carbons (Fsp3) is 0.500. The van der Waals surface area contributed by atoms with E-state index in [9.17, 15) is 4.79 Å². The number of aryl methyl sites for hydroxylation is 1. The molecule has 0 aliphatic carbocycles. The number of fused-ring (bicyclic) bond motifs is 1. The maximum Gasteiger partial charge on any atom is 0.303 e. The summed E-state index contributed by atoms with van der Waals surface area (Å²) in [6.45, 7) is 0.846. The van der Waals surface area contributed by atoms with Crippen molar-refractivity contribution in [3.05, 3.63) is 23.8 Å². The SMILES string of the molecule is O=C(O)CCCCNc1ccc2c(c1)CCCS2. The molecule has 2 N–H and O–H groups in total. The van der Waals surface area contributed by atoms with Crippen LogP contribution in [0.15, 0.2) is 23.1 Å². The molecule has 1 heterocycles. The topological polar surface area (TPSA) is 49.3 Å². The minimum Gasteiger partial charge on any atom is -0.481 e. The maximum absolute atomic E-state index is 10.4. The smallest absolute Gasteiger partial charge is 0.303 e. The molecule has 0 radical (unpaired) electrons. The lowest BCUT2D eigenvalue weighted by atomic mass is 10.1. The molecule has 0 fully saturated rings. The summed E-state index contributed by atoms with van der Waals surface area (Å²) in [5, 5.41) is 11.9. The van der Waals surface area contributed by atoms with E-state index in [1.54, 1.807) is 0 Å². The fourth-order valence-electron chi connectivity index (χ4n) is 2.10. The van der Waals surface area contributed by atoms with Crippen molar-refractivity contribution in [1.29, 1.82) is 0 Å². The lowest BCUT2D eigenvalue weighted by molar-refractivity contribution is -0.137. The van der Waals surface area contributed by atoms with E-state index in [4.69, 9.17) is 5.11 Å². The average molecular weight is 265 g/mol. The highest BCUT2D eigenvalue weighted by atomic mass is 32.2. The zero-order valence-electron chi connectivity index (χ0n) is 10.4. The molecule has 1 aliphatic rings. The van der Waals surface area contributed by atoms with Gasteiger partial charge < -0.3 is 10.4 Å². The molecule has 0 aromatic heterocycles. The van der Waals surface area contributed by atoms with Crippen LogP contribution in [0.5, 0.6) is 0 Å². The van der Waals surface area contributed by atoms with Crippen LogP contribution in [0.1, 0.15) is 31.2 Å². The monoisotopic (exact) mass is 265 g/mol. The van der Waals surface area contributed by atoms with Crippen LogP contribution in [0.3, 0.4) is 0 Å². The largest absolute Gasteiger partial charge is 0.481 e. The van der Waals surface area contributed by atoms with E-state index in [1.165, 1.54) is 29.1 Å². The van der Waals surface area contributed by atoms with Crippen molar-refractivity contribution in [2.75, 3.05) is 17.6 Å². The van der Waals surface area contributed by atoms with Gasteiger partial charge >= 0.3 is 5.97 Å². The molecule has 18 heavy (non-hydrogen) atoms. The van der Waals surface area contributed by atoms with Gasteiger partial charge in [-0.3, -0.25) is 4.79 Å². The molecule has 0 spiro atoms. The van der Waals surface area contributed by atoms with Gasteiger partial charge in [-0.25, -0.2) is 0 Å². The molecule has 0 bridgehead atoms. The number of hydrogen-bond acceptors (Lipinski definition) is 3. The zero-order valence-corrected chi connectivity index (χ0v) is 11.3. The Morgan fingerprint density at radius 2 is 2.28 bits per heavy atom. The number of anilines is 1. The number of unbranched alkanes of at least 4 members (excludes halogenated alkanes) is 1. The molecule has 3 nitrogen and oxygen atoms in total. The van der Waals surface area contributed by atoms with Crippen molar-refractivity contribution in [1.82, 2.24) is 0 Å². The highest BCUT2D eigenvalue weighted by Crippen LogP contribution is 2.31. The number of benzene rings is 1. The highest BCUT2D eigenvalue weighted by Gasteiger charge is 2.09. The molecule has 4 heteroatoms. The molecule has 0 unspecified atom stereocenters. The van der Waals surface area contributed by atoms with Crippen molar-refractivity contribution >= 4 is 23.4 Å². The first-order valence-electron chi connectivity index (χ1n) is 6.47. The van der Waals surface area contributed by atoms with Gasteiger partial charge in [0.1, 0.15) is 0 Å². The molecule has 98 valence electrons. The van der Waals surface area contributed by atoms with Gasteiger partial charge in [-0.2, -0.15) is 0 Å². The summed E-state index contributed by atoms with van der Waals surface area (Å²) in [6.07, 6.45) is 4.35. The third-order valence-electron chi connectivity index (χ3n) is 3.06. The Balaban J connectivity index is 1.77. The second kappa shape index (κ2) is 6.69. The minimum absolute atomic E-state index is 0.266. The van der Waals surface area contributed by atoms with E-state index in [0.717, 1.165) is 25.1 Å². The first-order chi connectivity index (χ1) is 8.75. The van der Waals surface area contributed by atoms with Crippen LogP contribution in [0.2, 0.25) is 0 Å². The summed E-state index contributed by atoms with van der Waals surface area (Å²) in [5.41, 5.74) is 2.60. The van der Waals surface area contributed by atoms with Gasteiger partial charge in [0.15, 0.2) is 0 Å². The van der Waals surface area contributed by atoms with E-state index >= 15 is 0 Å². The van der Waals surface area contributed by atoms with Crippen molar-refractivity contribution in [2.45, 2.75) is 37.0 Å². The molecular weight excluding hydrogens is 246 g/mol. The molecule has 0 saturated carbocycles. The van der Waals surface area contributed by atoms with E-state index in [1.807, 2.05) is 11.8 Å². The van der Waals surface area contributed by atoms with Crippen LogP contribution >= 0.6 is 11.8 Å². The molecule has 0 saturated heterocycles. The van der Waals surface area contributed by atoms with Crippen molar-refractivity contribution in [3.63, 3.8) is 0 Å². The molecular formula is C14H19NO2S. The van der Waals surface area contributed by atoms with E-state index in [0.29, 0.717) is 0 Å². The number of carbonyl (C=O) groups is 1. The summed E-state index contributed by atoms with van der Waals surface area (Å²) in [4.78, 5) is 11.8. The normalized spacial score (nSPS) is 14.0.